The van der Waals surface area contributed by atoms with Gasteiger partial charge in [-0.25, -0.2) is 4.79 Å². The largest absolute Gasteiger partial charge is 0.463 e. The topological polar surface area (TPSA) is 128 Å². The van der Waals surface area contributed by atoms with Crippen LogP contribution in [0, 0.1) is 0 Å². The molecule has 248 valence electrons. The van der Waals surface area contributed by atoms with Crippen molar-refractivity contribution in [1.29, 1.82) is 0 Å². The van der Waals surface area contributed by atoms with Crippen molar-refractivity contribution in [3.05, 3.63) is 0 Å². The summed E-state index contributed by atoms with van der Waals surface area (Å²) in [5, 5.41) is 3.32. The van der Waals surface area contributed by atoms with Gasteiger partial charge in [-0.1, -0.05) is 35.1 Å². The Balaban J connectivity index is -0.00000115. The van der Waals surface area contributed by atoms with E-state index >= 15 is 0 Å². The maximum atomic E-state index is 11.7. The van der Waals surface area contributed by atoms with Crippen molar-refractivity contribution in [1.82, 2.24) is 5.32 Å². The van der Waals surface area contributed by atoms with Gasteiger partial charge in [0.15, 0.2) is 0 Å². The zero-order chi connectivity index (χ0) is 29.0. The molecule has 0 aromatic carbocycles. The van der Waals surface area contributed by atoms with Gasteiger partial charge in [-0.3, -0.25) is 4.79 Å². The second-order valence-electron chi connectivity index (χ2n) is 8.98. The fraction of sp³-hybridized carbons (Fsp3) is 0.897. The lowest BCUT2D eigenvalue weighted by molar-refractivity contribution is -0.146. The number of carbonyl (C=O) groups excluding carboxylic acids is 3. The minimum Gasteiger partial charge on any atom is -0.463 e. The van der Waals surface area contributed by atoms with Crippen molar-refractivity contribution in [3.8, 4) is 0 Å². The molecule has 1 rings (SSSR count). The van der Waals surface area contributed by atoms with E-state index in [4.69, 9.17) is 33.2 Å². The summed E-state index contributed by atoms with van der Waals surface area (Å²) < 4.78 is 36.9. The SMILES string of the molecule is C.C.CC(=O)CCC(=O)OCCOCCOCCOCCOCCOCCOC(=O)NC1CCC(S)CC1.CCC.[HH]. The molecule has 0 aromatic rings. The molecule has 41 heavy (non-hydrogen) atoms. The number of nitrogens with one attached hydrogen (secondary N) is 1. The molecule has 0 aliphatic heterocycles. The van der Waals surface area contributed by atoms with Gasteiger partial charge < -0.3 is 43.3 Å². The van der Waals surface area contributed by atoms with Gasteiger partial charge in [0.2, 0.25) is 0 Å². The van der Waals surface area contributed by atoms with Crippen molar-refractivity contribution >= 4 is 30.5 Å². The fourth-order valence-electron chi connectivity index (χ4n) is 3.17. The Morgan fingerprint density at radius 3 is 1.41 bits per heavy atom. The van der Waals surface area contributed by atoms with Gasteiger partial charge in [-0.2, -0.15) is 12.6 Å². The number of rotatable bonds is 22. The number of alkyl carbamates (subject to hydrolysis) is 1. The van der Waals surface area contributed by atoms with Gasteiger partial charge in [-0.05, 0) is 32.6 Å². The molecule has 1 aliphatic rings. The first kappa shape index (κ1) is 44.0. The van der Waals surface area contributed by atoms with Crippen LogP contribution in [0.5, 0.6) is 0 Å². The zero-order valence-corrected chi connectivity index (χ0v) is 25.0. The van der Waals surface area contributed by atoms with Crippen molar-refractivity contribution in [3.63, 3.8) is 0 Å². The molecule has 12 heteroatoms. The van der Waals surface area contributed by atoms with Crippen LogP contribution < -0.4 is 5.32 Å². The molecule has 0 unspecified atom stereocenters. The summed E-state index contributed by atoms with van der Waals surface area (Å²) in [5.41, 5.74) is 0. The lowest BCUT2D eigenvalue weighted by Crippen LogP contribution is -2.38. The predicted octanol–water partition coefficient (Wildman–Crippen LogP) is 4.88. The van der Waals surface area contributed by atoms with E-state index in [1.54, 1.807) is 0 Å². The number of ether oxygens (including phenoxy) is 7. The van der Waals surface area contributed by atoms with E-state index in [2.05, 4.69) is 31.8 Å². The van der Waals surface area contributed by atoms with Crippen LogP contribution in [0.4, 0.5) is 4.79 Å². The minimum absolute atomic E-state index is 0. The van der Waals surface area contributed by atoms with Crippen LogP contribution in [-0.2, 0) is 42.7 Å². The summed E-state index contributed by atoms with van der Waals surface area (Å²) in [5.74, 6) is -0.433. The predicted molar refractivity (Wildman–Crippen MR) is 166 cm³/mol. The Labute approximate surface area is 255 Å². The van der Waals surface area contributed by atoms with E-state index < -0.39 is 12.1 Å². The molecule has 0 spiro atoms. The molecule has 0 radical (unpaired) electrons. The van der Waals surface area contributed by atoms with Crippen molar-refractivity contribution < 1.29 is 49.0 Å². The summed E-state index contributed by atoms with van der Waals surface area (Å²) in [6, 6.07) is 0.179. The standard InChI is InChI=1S/C24H43NO10S.C3H8.2CH4.H2/c1-20(26)2-7-23(27)34-18-16-32-14-12-30-10-8-29-9-11-31-13-15-33-17-19-35-24(28)25-21-3-5-22(36)6-4-21;1-3-2;;;/h21-22,36H,2-19H2,1H3,(H,25,28);3H2,1-2H3;2*1H4;1H. The van der Waals surface area contributed by atoms with Crippen LogP contribution in [0.15, 0.2) is 0 Å². The van der Waals surface area contributed by atoms with Crippen molar-refractivity contribution in [2.24, 2.45) is 0 Å². The number of hydrogen-bond donors (Lipinski definition) is 2. The van der Waals surface area contributed by atoms with E-state index in [0.29, 0.717) is 64.7 Å². The molecule has 0 heterocycles. The highest BCUT2D eigenvalue weighted by Crippen LogP contribution is 2.22. The minimum atomic E-state index is -0.396. The second kappa shape index (κ2) is 33.1. The van der Waals surface area contributed by atoms with Crippen molar-refractivity contribution in [2.45, 2.75) is 91.9 Å². The Bertz CT molecular complexity index is 611. The smallest absolute Gasteiger partial charge is 0.407 e. The third-order valence-electron chi connectivity index (χ3n) is 5.14. The van der Waals surface area contributed by atoms with Gasteiger partial charge in [0, 0.05) is 19.1 Å². The average molecular weight is 616 g/mol. The highest BCUT2D eigenvalue weighted by molar-refractivity contribution is 7.80. The number of hydrogen-bond acceptors (Lipinski definition) is 11. The lowest BCUT2D eigenvalue weighted by Gasteiger charge is -2.26. The van der Waals surface area contributed by atoms with Crippen molar-refractivity contribution in [2.75, 3.05) is 79.3 Å². The Hall–Kier alpha value is -1.44. The Morgan fingerprint density at radius 1 is 0.659 bits per heavy atom. The maximum Gasteiger partial charge on any atom is 0.407 e. The molecule has 1 fully saturated rings. The van der Waals surface area contributed by atoms with Gasteiger partial charge in [0.05, 0.1) is 72.5 Å². The first-order chi connectivity index (χ1) is 18.9. The summed E-state index contributed by atoms with van der Waals surface area (Å²) in [6.45, 7) is 10.1. The van der Waals surface area contributed by atoms with Crippen LogP contribution in [0.1, 0.15) is 82.0 Å². The van der Waals surface area contributed by atoms with Gasteiger partial charge in [0.1, 0.15) is 19.0 Å². The molecule has 0 bridgehead atoms. The van der Waals surface area contributed by atoms with E-state index in [-0.39, 0.29) is 60.8 Å². The van der Waals surface area contributed by atoms with E-state index in [1.165, 1.54) is 13.3 Å². The van der Waals surface area contributed by atoms with Crippen LogP contribution in [0.3, 0.4) is 0 Å². The molecule has 0 aromatic heterocycles. The van der Waals surface area contributed by atoms with Crippen LogP contribution in [-0.4, -0.2) is 108 Å². The Morgan fingerprint density at radius 2 is 1.02 bits per heavy atom. The number of Topliss-reactive ketones (excluding diaryl/α,β-unsaturated/α-hetero) is 1. The number of carbonyl (C=O) groups is 3. The molecule has 0 saturated heterocycles. The summed E-state index contributed by atoms with van der Waals surface area (Å²) in [7, 11) is 0. The monoisotopic (exact) mass is 615 g/mol. The van der Waals surface area contributed by atoms with Crippen LogP contribution in [0.2, 0.25) is 0 Å². The molecule has 1 amide bonds. The molecule has 1 saturated carbocycles. The maximum absolute atomic E-state index is 11.7. The molecule has 1 N–H and O–H groups in total. The second-order valence-corrected chi connectivity index (χ2v) is 9.71. The van der Waals surface area contributed by atoms with Crippen LogP contribution >= 0.6 is 12.6 Å². The van der Waals surface area contributed by atoms with Gasteiger partial charge >= 0.3 is 12.1 Å². The normalized spacial score (nSPS) is 15.8. The Kier molecular flexibility index (Phi) is 35.5. The van der Waals surface area contributed by atoms with Gasteiger partial charge in [-0.15, -0.1) is 0 Å². The molecule has 11 nitrogen and oxygen atoms in total. The first-order valence-corrected chi connectivity index (χ1v) is 14.6. The third-order valence-corrected chi connectivity index (χ3v) is 5.66. The number of amides is 1. The summed E-state index contributed by atoms with van der Waals surface area (Å²) in [4.78, 5) is 33.8. The molecular weight excluding hydrogens is 554 g/mol. The third kappa shape index (κ3) is 32.9. The number of esters is 1. The van der Waals surface area contributed by atoms with Gasteiger partial charge in [0.25, 0.3) is 0 Å². The summed E-state index contributed by atoms with van der Waals surface area (Å²) in [6.07, 6.45) is 5.07. The number of thiol groups is 1. The number of ketones is 1. The van der Waals surface area contributed by atoms with E-state index in [1.807, 2.05) is 0 Å². The molecule has 0 atom stereocenters. The molecular formula is C29H61NO10S. The fourth-order valence-corrected chi connectivity index (χ4v) is 3.47. The first-order valence-electron chi connectivity index (χ1n) is 14.0. The lowest BCUT2D eigenvalue weighted by atomic mass is 9.95. The van der Waals surface area contributed by atoms with Crippen LogP contribution in [0.25, 0.3) is 0 Å². The molecule has 1 aliphatic carbocycles. The highest BCUT2D eigenvalue weighted by atomic mass is 32.1. The summed E-state index contributed by atoms with van der Waals surface area (Å²) >= 11 is 4.45. The average Bonchev–Trinajstić information content (AvgIpc) is 2.90. The quantitative estimate of drug-likeness (QED) is 0.0988. The highest BCUT2D eigenvalue weighted by Gasteiger charge is 2.20. The van der Waals surface area contributed by atoms with E-state index in [0.717, 1.165) is 25.7 Å². The van der Waals surface area contributed by atoms with E-state index in [9.17, 15) is 14.4 Å². The zero-order valence-electron chi connectivity index (χ0n) is 24.1.